The van der Waals surface area contributed by atoms with Crippen LogP contribution in [-0.2, 0) is 9.59 Å². The number of nitrogens with zero attached hydrogens (tertiary/aromatic N) is 1. The van der Waals surface area contributed by atoms with E-state index in [1.807, 2.05) is 45.0 Å². The summed E-state index contributed by atoms with van der Waals surface area (Å²) < 4.78 is 11.4. The number of aryl methyl sites for hydroxylation is 1. The summed E-state index contributed by atoms with van der Waals surface area (Å²) in [6, 6.07) is 15.2. The highest BCUT2D eigenvalue weighted by Crippen LogP contribution is 2.42. The number of furan rings is 1. The van der Waals surface area contributed by atoms with Crippen molar-refractivity contribution in [3.05, 3.63) is 88.9 Å². The number of carbonyl (C=O) groups is 2. The SMILES string of the molecule is Cc1cc(/C(O)=C2/C(=O)C(=O)N(c3ccc(C(C)C)cc3)C2c2ccco2)ccc1OC(C)C. The lowest BCUT2D eigenvalue weighted by molar-refractivity contribution is -0.132. The van der Waals surface area contributed by atoms with Crippen molar-refractivity contribution in [3.63, 3.8) is 0 Å². The lowest BCUT2D eigenvalue weighted by atomic mass is 9.98. The van der Waals surface area contributed by atoms with E-state index >= 15 is 0 Å². The van der Waals surface area contributed by atoms with E-state index < -0.39 is 17.7 Å². The fourth-order valence-corrected chi connectivity index (χ4v) is 4.17. The summed E-state index contributed by atoms with van der Waals surface area (Å²) in [5.74, 6) is -0.301. The van der Waals surface area contributed by atoms with Gasteiger partial charge in [-0.3, -0.25) is 14.5 Å². The van der Waals surface area contributed by atoms with Crippen LogP contribution in [0.1, 0.15) is 62.1 Å². The zero-order valence-corrected chi connectivity index (χ0v) is 20.0. The highest BCUT2D eigenvalue weighted by molar-refractivity contribution is 6.51. The summed E-state index contributed by atoms with van der Waals surface area (Å²) in [4.78, 5) is 27.8. The van der Waals surface area contributed by atoms with E-state index in [1.54, 1.807) is 30.3 Å². The molecule has 6 heteroatoms. The number of aliphatic hydroxyl groups is 1. The molecule has 1 atom stereocenters. The second kappa shape index (κ2) is 9.21. The molecule has 2 heterocycles. The Bertz CT molecular complexity index is 1240. The summed E-state index contributed by atoms with van der Waals surface area (Å²) in [5.41, 5.74) is 2.91. The molecule has 1 amide bonds. The minimum Gasteiger partial charge on any atom is -0.507 e. The second-order valence-corrected chi connectivity index (χ2v) is 9.08. The molecule has 1 unspecified atom stereocenters. The van der Waals surface area contributed by atoms with Gasteiger partial charge in [0.05, 0.1) is 17.9 Å². The van der Waals surface area contributed by atoms with Crippen LogP contribution in [0.15, 0.2) is 70.9 Å². The number of ketones is 1. The summed E-state index contributed by atoms with van der Waals surface area (Å²) in [7, 11) is 0. The summed E-state index contributed by atoms with van der Waals surface area (Å²) in [6.07, 6.45) is 1.49. The van der Waals surface area contributed by atoms with Crippen LogP contribution in [0.5, 0.6) is 5.75 Å². The molecular weight excluding hydrogens is 430 g/mol. The summed E-state index contributed by atoms with van der Waals surface area (Å²) >= 11 is 0. The van der Waals surface area contributed by atoms with Gasteiger partial charge in [-0.2, -0.15) is 0 Å². The first-order valence-corrected chi connectivity index (χ1v) is 11.4. The minimum absolute atomic E-state index is 0.00417. The third kappa shape index (κ3) is 4.23. The highest BCUT2D eigenvalue weighted by Gasteiger charge is 2.48. The molecule has 1 aliphatic rings. The largest absolute Gasteiger partial charge is 0.507 e. The Kier molecular flexibility index (Phi) is 6.33. The number of carbonyl (C=O) groups excluding carboxylic acids is 2. The number of hydrogen-bond acceptors (Lipinski definition) is 5. The van der Waals surface area contributed by atoms with Crippen LogP contribution in [0.25, 0.3) is 5.76 Å². The number of hydrogen-bond donors (Lipinski definition) is 1. The Balaban J connectivity index is 1.83. The quantitative estimate of drug-likeness (QED) is 0.273. The average Bonchev–Trinajstić information content (AvgIpc) is 3.41. The van der Waals surface area contributed by atoms with Gasteiger partial charge in [0.25, 0.3) is 11.7 Å². The molecule has 0 spiro atoms. The number of benzene rings is 2. The van der Waals surface area contributed by atoms with Crippen molar-refractivity contribution in [1.82, 2.24) is 0 Å². The lowest BCUT2D eigenvalue weighted by Crippen LogP contribution is -2.29. The summed E-state index contributed by atoms with van der Waals surface area (Å²) in [5, 5.41) is 11.3. The lowest BCUT2D eigenvalue weighted by Gasteiger charge is -2.24. The van der Waals surface area contributed by atoms with E-state index in [1.165, 1.54) is 11.2 Å². The highest BCUT2D eigenvalue weighted by atomic mass is 16.5. The first-order chi connectivity index (χ1) is 16.2. The molecule has 0 radical (unpaired) electrons. The van der Waals surface area contributed by atoms with Gasteiger partial charge in [-0.05, 0) is 80.3 Å². The monoisotopic (exact) mass is 459 g/mol. The van der Waals surface area contributed by atoms with Gasteiger partial charge in [-0.1, -0.05) is 26.0 Å². The van der Waals surface area contributed by atoms with E-state index in [2.05, 4.69) is 13.8 Å². The van der Waals surface area contributed by atoms with Gasteiger partial charge in [0, 0.05) is 11.3 Å². The molecule has 1 N–H and O–H groups in total. The van der Waals surface area contributed by atoms with Crippen LogP contribution in [0.4, 0.5) is 5.69 Å². The molecule has 34 heavy (non-hydrogen) atoms. The van der Waals surface area contributed by atoms with E-state index in [0.29, 0.717) is 28.7 Å². The Hall–Kier alpha value is -3.80. The van der Waals surface area contributed by atoms with Crippen LogP contribution in [-0.4, -0.2) is 22.9 Å². The van der Waals surface area contributed by atoms with E-state index in [4.69, 9.17) is 9.15 Å². The van der Waals surface area contributed by atoms with Crippen molar-refractivity contribution >= 4 is 23.1 Å². The van der Waals surface area contributed by atoms with Gasteiger partial charge in [-0.15, -0.1) is 0 Å². The second-order valence-electron chi connectivity index (χ2n) is 9.08. The fourth-order valence-electron chi connectivity index (χ4n) is 4.17. The third-order valence-electron chi connectivity index (χ3n) is 5.91. The zero-order valence-electron chi connectivity index (χ0n) is 20.0. The van der Waals surface area contributed by atoms with Gasteiger partial charge in [0.15, 0.2) is 0 Å². The molecule has 1 aliphatic heterocycles. The van der Waals surface area contributed by atoms with Crippen LogP contribution < -0.4 is 9.64 Å². The molecule has 6 nitrogen and oxygen atoms in total. The molecule has 0 bridgehead atoms. The average molecular weight is 460 g/mol. The molecule has 3 aromatic rings. The molecule has 0 saturated carbocycles. The minimum atomic E-state index is -0.883. The summed E-state index contributed by atoms with van der Waals surface area (Å²) in [6.45, 7) is 9.91. The van der Waals surface area contributed by atoms with Crippen LogP contribution >= 0.6 is 0 Å². The molecular formula is C28H29NO5. The molecule has 1 fully saturated rings. The van der Waals surface area contributed by atoms with Crippen molar-refractivity contribution in [2.45, 2.75) is 52.7 Å². The Morgan fingerprint density at radius 3 is 2.29 bits per heavy atom. The number of Topliss-reactive ketones (excluding diaryl/α,β-unsaturated/α-hetero) is 1. The maximum atomic E-state index is 13.2. The molecule has 4 rings (SSSR count). The van der Waals surface area contributed by atoms with Crippen molar-refractivity contribution in [3.8, 4) is 5.75 Å². The number of ether oxygens (including phenoxy) is 1. The first kappa shape index (κ1) is 23.4. The van der Waals surface area contributed by atoms with Gasteiger partial charge in [-0.25, -0.2) is 0 Å². The topological polar surface area (TPSA) is 80.0 Å². The van der Waals surface area contributed by atoms with Gasteiger partial charge in [0.1, 0.15) is 23.3 Å². The molecule has 0 aliphatic carbocycles. The molecule has 1 saturated heterocycles. The van der Waals surface area contributed by atoms with E-state index in [-0.39, 0.29) is 17.4 Å². The van der Waals surface area contributed by atoms with E-state index in [9.17, 15) is 14.7 Å². The number of rotatable bonds is 6. The Morgan fingerprint density at radius 2 is 1.74 bits per heavy atom. The zero-order chi connectivity index (χ0) is 24.6. The predicted molar refractivity (Wildman–Crippen MR) is 131 cm³/mol. The van der Waals surface area contributed by atoms with Crippen molar-refractivity contribution in [2.24, 2.45) is 0 Å². The van der Waals surface area contributed by atoms with Crippen LogP contribution in [0, 0.1) is 6.92 Å². The van der Waals surface area contributed by atoms with Gasteiger partial charge in [0.2, 0.25) is 0 Å². The normalized spacial score (nSPS) is 17.7. The maximum absolute atomic E-state index is 13.2. The van der Waals surface area contributed by atoms with Crippen molar-refractivity contribution in [1.29, 1.82) is 0 Å². The first-order valence-electron chi connectivity index (χ1n) is 11.4. The van der Waals surface area contributed by atoms with Gasteiger partial charge < -0.3 is 14.3 Å². The molecule has 2 aromatic carbocycles. The smallest absolute Gasteiger partial charge is 0.300 e. The van der Waals surface area contributed by atoms with Crippen LogP contribution in [0.2, 0.25) is 0 Å². The van der Waals surface area contributed by atoms with Crippen molar-refractivity contribution in [2.75, 3.05) is 4.90 Å². The maximum Gasteiger partial charge on any atom is 0.300 e. The fraction of sp³-hybridized carbons (Fsp3) is 0.286. The molecule has 1 aromatic heterocycles. The number of amides is 1. The Labute approximate surface area is 199 Å². The van der Waals surface area contributed by atoms with Crippen LogP contribution in [0.3, 0.4) is 0 Å². The predicted octanol–water partition coefficient (Wildman–Crippen LogP) is 6.12. The standard InChI is InChI=1S/C28H29NO5/c1-16(2)19-8-11-21(12-9-19)29-25(23-7-6-14-33-23)24(27(31)28(29)32)26(30)20-10-13-22(18(5)15-20)34-17(3)4/h6-17,25,30H,1-5H3/b26-24-. The third-order valence-corrected chi connectivity index (χ3v) is 5.91. The number of anilines is 1. The Morgan fingerprint density at radius 1 is 1.03 bits per heavy atom. The van der Waals surface area contributed by atoms with Crippen molar-refractivity contribution < 1.29 is 23.8 Å². The van der Waals surface area contributed by atoms with Gasteiger partial charge >= 0.3 is 0 Å². The molecule has 176 valence electrons. The number of aliphatic hydroxyl groups excluding tert-OH is 1. The van der Waals surface area contributed by atoms with E-state index in [0.717, 1.165) is 11.1 Å².